The lowest BCUT2D eigenvalue weighted by atomic mass is 9.92. The summed E-state index contributed by atoms with van der Waals surface area (Å²) < 4.78 is 31.7. The number of fused-ring (bicyclic) bond motifs is 1. The van der Waals surface area contributed by atoms with E-state index in [1.807, 2.05) is 12.1 Å². The van der Waals surface area contributed by atoms with Crippen LogP contribution in [0.15, 0.2) is 41.3 Å². The maximum absolute atomic E-state index is 13.8. The second-order valence-corrected chi connectivity index (χ2v) is 13.9. The molecule has 0 aliphatic heterocycles. The van der Waals surface area contributed by atoms with Crippen LogP contribution in [0.5, 0.6) is 5.88 Å². The fraction of sp³-hybridized carbons (Fsp3) is 0.448. The zero-order valence-corrected chi connectivity index (χ0v) is 23.1. The number of aromatic nitrogens is 2. The van der Waals surface area contributed by atoms with E-state index in [1.54, 1.807) is 24.3 Å². The highest BCUT2D eigenvalue weighted by atomic mass is 32.2. The lowest BCUT2D eigenvalue weighted by Gasteiger charge is -2.15. The van der Waals surface area contributed by atoms with Gasteiger partial charge in [-0.25, -0.2) is 18.4 Å². The fourth-order valence-electron chi connectivity index (χ4n) is 5.20. The number of hydrogen-bond acceptors (Lipinski definition) is 9. The number of benzene rings is 1. The Kier molecular flexibility index (Phi) is 7.11. The molecule has 6 rings (SSSR count). The summed E-state index contributed by atoms with van der Waals surface area (Å²) in [7, 11) is -3.36. The molecule has 2 aromatic heterocycles. The predicted molar refractivity (Wildman–Crippen MR) is 148 cm³/mol. The molecule has 1 aromatic carbocycles. The number of sulfone groups is 1. The molecule has 3 fully saturated rings. The summed E-state index contributed by atoms with van der Waals surface area (Å²) in [6.45, 7) is 0.0316. The number of ketones is 2. The van der Waals surface area contributed by atoms with Gasteiger partial charge in [0.15, 0.2) is 15.6 Å². The molecule has 0 radical (unpaired) electrons. The molecule has 3 aromatic rings. The van der Waals surface area contributed by atoms with E-state index in [-0.39, 0.29) is 48.3 Å². The number of pyridine rings is 1. The van der Waals surface area contributed by atoms with Gasteiger partial charge in [0, 0.05) is 24.5 Å². The topological polar surface area (TPSA) is 124 Å². The largest absolute Gasteiger partial charge is 0.475 e. The molecule has 3 aliphatic carbocycles. The van der Waals surface area contributed by atoms with E-state index < -0.39 is 9.84 Å². The third-order valence-corrected chi connectivity index (χ3v) is 10.8. The van der Waals surface area contributed by atoms with Crippen LogP contribution in [0.1, 0.15) is 67.0 Å². The summed E-state index contributed by atoms with van der Waals surface area (Å²) in [5, 5.41) is 9.31. The van der Waals surface area contributed by atoms with Crippen molar-refractivity contribution >= 4 is 48.7 Å². The number of carbonyl (C=O) groups excluding carboxylic acids is 2. The highest BCUT2D eigenvalue weighted by Crippen LogP contribution is 2.46. The lowest BCUT2D eigenvalue weighted by Crippen LogP contribution is -2.12. The molecule has 0 unspecified atom stereocenters. The van der Waals surface area contributed by atoms with Crippen LogP contribution in [0.4, 0.5) is 0 Å². The molecule has 0 saturated heterocycles. The summed E-state index contributed by atoms with van der Waals surface area (Å²) in [5.41, 5.74) is 2.71. The van der Waals surface area contributed by atoms with E-state index >= 15 is 0 Å². The Bertz CT molecular complexity index is 1580. The van der Waals surface area contributed by atoms with Crippen molar-refractivity contribution in [2.45, 2.75) is 67.4 Å². The number of aliphatic hydroxyl groups excluding tert-OH is 1. The summed E-state index contributed by atoms with van der Waals surface area (Å²) >= 11 is 1.32. The van der Waals surface area contributed by atoms with Gasteiger partial charge < -0.3 is 9.84 Å². The number of carbonyl (C=O) groups is 2. The van der Waals surface area contributed by atoms with Gasteiger partial charge in [-0.05, 0) is 73.3 Å². The molecule has 3 saturated carbocycles. The van der Waals surface area contributed by atoms with Gasteiger partial charge in [-0.3, -0.25) is 9.59 Å². The first-order valence-electron chi connectivity index (χ1n) is 13.5. The molecule has 10 heteroatoms. The van der Waals surface area contributed by atoms with Crippen LogP contribution in [0.2, 0.25) is 0 Å². The van der Waals surface area contributed by atoms with E-state index in [1.165, 1.54) is 11.3 Å². The van der Waals surface area contributed by atoms with Crippen LogP contribution in [-0.2, 0) is 25.8 Å². The zero-order chi connectivity index (χ0) is 27.1. The molecule has 0 amide bonds. The standard InChI is InChI=1S/C29H30N2O6S2/c32-11-12-37-27-10-8-24-29(31-27)38-28(30-24)16-25(34)22(14-17-1-5-20(33)13-17)19-4-9-26(23(15-19)18-2-3-18)39(35,36)21-6-7-21/h4,8-10,14-15,17-18,21,32H,1-3,5-7,11-13,16H2/b22-14+/t17-/m0/s1. The molecule has 204 valence electrons. The van der Waals surface area contributed by atoms with Crippen molar-refractivity contribution < 1.29 is 27.9 Å². The maximum Gasteiger partial charge on any atom is 0.214 e. The highest BCUT2D eigenvalue weighted by molar-refractivity contribution is 7.92. The van der Waals surface area contributed by atoms with Crippen LogP contribution < -0.4 is 4.74 Å². The second-order valence-electron chi connectivity index (χ2n) is 10.6. The molecule has 2 heterocycles. The summed E-state index contributed by atoms with van der Waals surface area (Å²) in [6, 6.07) is 8.81. The molecular formula is C29H30N2O6S2. The van der Waals surface area contributed by atoms with E-state index in [9.17, 15) is 18.0 Å². The van der Waals surface area contributed by atoms with Crippen molar-refractivity contribution in [1.82, 2.24) is 9.97 Å². The van der Waals surface area contributed by atoms with Crippen molar-refractivity contribution in [3.8, 4) is 5.88 Å². The Balaban J connectivity index is 1.33. The molecule has 1 N–H and O–H groups in total. The Labute approximate surface area is 231 Å². The van der Waals surface area contributed by atoms with Crippen LogP contribution in [-0.4, -0.2) is 53.5 Å². The van der Waals surface area contributed by atoms with Gasteiger partial charge in [0.2, 0.25) is 5.88 Å². The van der Waals surface area contributed by atoms with Crippen LogP contribution in [0, 0.1) is 5.92 Å². The molecular weight excluding hydrogens is 536 g/mol. The first-order chi connectivity index (χ1) is 18.8. The molecule has 39 heavy (non-hydrogen) atoms. The minimum Gasteiger partial charge on any atom is -0.475 e. The molecule has 0 bridgehead atoms. The van der Waals surface area contributed by atoms with Crippen molar-refractivity contribution in [2.24, 2.45) is 5.92 Å². The molecule has 3 aliphatic rings. The predicted octanol–water partition coefficient (Wildman–Crippen LogP) is 4.44. The molecule has 1 atom stereocenters. The molecule has 8 nitrogen and oxygen atoms in total. The lowest BCUT2D eigenvalue weighted by molar-refractivity contribution is -0.117. The first-order valence-corrected chi connectivity index (χ1v) is 15.8. The number of Topliss-reactive ketones (excluding diaryl/α,β-unsaturated/α-hetero) is 2. The normalized spacial score (nSPS) is 20.1. The first kappa shape index (κ1) is 26.3. The Morgan fingerprint density at radius 2 is 1.92 bits per heavy atom. The third kappa shape index (κ3) is 5.69. The SMILES string of the molecule is O=C1CC[C@H](/C=C(/C(=O)Cc2nc3ccc(OCCO)nc3s2)c2ccc(S(=O)(=O)C3CC3)c(C3CC3)c2)C1. The van der Waals surface area contributed by atoms with Crippen LogP contribution in [0.25, 0.3) is 15.9 Å². The van der Waals surface area contributed by atoms with E-state index in [0.29, 0.717) is 69.4 Å². The van der Waals surface area contributed by atoms with Gasteiger partial charge in [0.25, 0.3) is 0 Å². The Hall–Kier alpha value is -2.95. The van der Waals surface area contributed by atoms with Crippen LogP contribution >= 0.6 is 11.3 Å². The minimum absolute atomic E-state index is 0.0148. The van der Waals surface area contributed by atoms with Gasteiger partial charge in [0.1, 0.15) is 27.7 Å². The Morgan fingerprint density at radius 1 is 1.10 bits per heavy atom. The number of ether oxygens (including phenoxy) is 1. The van der Waals surface area contributed by atoms with Gasteiger partial charge in [-0.1, -0.05) is 23.5 Å². The number of rotatable bonds is 11. The fourth-order valence-corrected chi connectivity index (χ4v) is 8.05. The van der Waals surface area contributed by atoms with E-state index in [4.69, 9.17) is 9.84 Å². The average Bonchev–Trinajstić information content (AvgIpc) is 3.85. The zero-order valence-electron chi connectivity index (χ0n) is 21.5. The van der Waals surface area contributed by atoms with Gasteiger partial charge >= 0.3 is 0 Å². The number of thiazole rings is 1. The summed E-state index contributed by atoms with van der Waals surface area (Å²) in [4.78, 5) is 35.8. The monoisotopic (exact) mass is 566 g/mol. The van der Waals surface area contributed by atoms with E-state index in [2.05, 4.69) is 9.97 Å². The van der Waals surface area contributed by atoms with Gasteiger partial charge in [0.05, 0.1) is 23.2 Å². The second kappa shape index (κ2) is 10.6. The maximum atomic E-state index is 13.8. The van der Waals surface area contributed by atoms with Crippen molar-refractivity contribution in [1.29, 1.82) is 0 Å². The van der Waals surface area contributed by atoms with Crippen molar-refractivity contribution in [3.05, 3.63) is 52.5 Å². The number of aliphatic hydroxyl groups is 1. The van der Waals surface area contributed by atoms with Gasteiger partial charge in [-0.15, -0.1) is 0 Å². The van der Waals surface area contributed by atoms with Crippen molar-refractivity contribution in [2.75, 3.05) is 13.2 Å². The van der Waals surface area contributed by atoms with Crippen LogP contribution in [0.3, 0.4) is 0 Å². The summed E-state index contributed by atoms with van der Waals surface area (Å²) in [5.74, 6) is 0.654. The minimum atomic E-state index is -3.36. The number of allylic oxidation sites excluding steroid dienone is 2. The van der Waals surface area contributed by atoms with E-state index in [0.717, 1.165) is 18.4 Å². The average molecular weight is 567 g/mol. The highest BCUT2D eigenvalue weighted by Gasteiger charge is 2.40. The quantitative estimate of drug-likeness (QED) is 0.338. The molecule has 0 spiro atoms. The third-order valence-electron chi connectivity index (χ3n) is 7.52. The number of nitrogens with zero attached hydrogens (tertiary/aromatic N) is 2. The summed E-state index contributed by atoms with van der Waals surface area (Å²) in [6.07, 6.45) is 6.94. The Morgan fingerprint density at radius 3 is 2.62 bits per heavy atom. The van der Waals surface area contributed by atoms with Gasteiger partial charge in [-0.2, -0.15) is 0 Å². The number of hydrogen-bond donors (Lipinski definition) is 1. The smallest absolute Gasteiger partial charge is 0.214 e. The van der Waals surface area contributed by atoms with Crippen molar-refractivity contribution in [3.63, 3.8) is 0 Å².